The van der Waals surface area contributed by atoms with Crippen molar-refractivity contribution in [2.45, 2.75) is 68.8 Å². The van der Waals surface area contributed by atoms with Crippen LogP contribution in [-0.4, -0.2) is 44.5 Å². The van der Waals surface area contributed by atoms with Gasteiger partial charge in [-0.3, -0.25) is 4.21 Å². The molecule has 0 bridgehead atoms. The molecule has 116 valence electrons. The first-order valence-electron chi connectivity index (χ1n) is 7.66. The van der Waals surface area contributed by atoms with E-state index in [9.17, 15) is 14.1 Å². The molecule has 0 aromatic rings. The predicted octanol–water partition coefficient (Wildman–Crippen LogP) is 1.28. The number of urea groups is 1. The van der Waals surface area contributed by atoms with Crippen LogP contribution in [0.25, 0.3) is 0 Å². The van der Waals surface area contributed by atoms with E-state index in [0.29, 0.717) is 12.3 Å². The van der Waals surface area contributed by atoms with E-state index in [4.69, 9.17) is 0 Å². The van der Waals surface area contributed by atoms with Crippen LogP contribution in [-0.2, 0) is 10.8 Å². The van der Waals surface area contributed by atoms with Crippen LogP contribution in [0, 0.1) is 0 Å². The number of nitrogens with one attached hydrogen (secondary N) is 2. The van der Waals surface area contributed by atoms with Gasteiger partial charge in [0.15, 0.2) is 0 Å². The van der Waals surface area contributed by atoms with E-state index in [2.05, 4.69) is 10.6 Å². The Balaban J connectivity index is 1.71. The van der Waals surface area contributed by atoms with E-state index in [-0.39, 0.29) is 17.3 Å². The van der Waals surface area contributed by atoms with E-state index in [1.165, 1.54) is 0 Å². The molecule has 20 heavy (non-hydrogen) atoms. The molecule has 2 aliphatic rings. The minimum absolute atomic E-state index is 0.111. The zero-order valence-electron chi connectivity index (χ0n) is 12.2. The molecule has 0 heterocycles. The average Bonchev–Trinajstić information content (AvgIpc) is 2.42. The topological polar surface area (TPSA) is 78.4 Å². The van der Waals surface area contributed by atoms with Gasteiger partial charge in [-0.25, -0.2) is 4.79 Å². The van der Waals surface area contributed by atoms with E-state index in [1.807, 2.05) is 6.92 Å². The van der Waals surface area contributed by atoms with Crippen LogP contribution in [0.5, 0.6) is 0 Å². The lowest BCUT2D eigenvalue weighted by Gasteiger charge is -2.37. The first kappa shape index (κ1) is 15.8. The minimum atomic E-state index is -0.771. The van der Waals surface area contributed by atoms with Crippen LogP contribution in [0.3, 0.4) is 0 Å². The van der Waals surface area contributed by atoms with Crippen molar-refractivity contribution in [3.05, 3.63) is 0 Å². The van der Waals surface area contributed by atoms with Crippen molar-refractivity contribution < 1.29 is 14.1 Å². The SMILES string of the molecule is CCS(=O)C1CCCC(NC(=O)NCC2(O)CCC2)C1. The van der Waals surface area contributed by atoms with Crippen molar-refractivity contribution in [1.82, 2.24) is 10.6 Å². The third kappa shape index (κ3) is 4.19. The lowest BCUT2D eigenvalue weighted by Crippen LogP contribution is -2.52. The Morgan fingerprint density at radius 1 is 1.35 bits per heavy atom. The molecule has 3 unspecified atom stereocenters. The third-order valence-electron chi connectivity index (χ3n) is 4.48. The fourth-order valence-corrected chi connectivity index (χ4v) is 4.34. The van der Waals surface area contributed by atoms with Gasteiger partial charge in [-0.15, -0.1) is 0 Å². The van der Waals surface area contributed by atoms with Gasteiger partial charge in [-0.1, -0.05) is 13.3 Å². The fourth-order valence-electron chi connectivity index (χ4n) is 2.99. The monoisotopic (exact) mass is 302 g/mol. The Kier molecular flexibility index (Phi) is 5.43. The summed E-state index contributed by atoms with van der Waals surface area (Å²) in [5.41, 5.74) is -0.684. The summed E-state index contributed by atoms with van der Waals surface area (Å²) in [6.07, 6.45) is 6.36. The number of hydrogen-bond acceptors (Lipinski definition) is 3. The molecule has 0 aromatic carbocycles. The highest BCUT2D eigenvalue weighted by Crippen LogP contribution is 2.30. The van der Waals surface area contributed by atoms with Crippen LogP contribution in [0.1, 0.15) is 51.9 Å². The molecule has 2 saturated carbocycles. The summed E-state index contributed by atoms with van der Waals surface area (Å²) in [7, 11) is -0.771. The molecule has 2 rings (SSSR count). The zero-order valence-corrected chi connectivity index (χ0v) is 13.0. The summed E-state index contributed by atoms with van der Waals surface area (Å²) < 4.78 is 11.9. The van der Waals surface area contributed by atoms with Gasteiger partial charge in [-0.05, 0) is 38.5 Å². The molecule has 0 aromatic heterocycles. The molecule has 3 N–H and O–H groups in total. The summed E-state index contributed by atoms with van der Waals surface area (Å²) in [6.45, 7) is 2.27. The molecule has 5 nitrogen and oxygen atoms in total. The Bertz CT molecular complexity index is 371. The minimum Gasteiger partial charge on any atom is -0.388 e. The Hall–Kier alpha value is -0.620. The van der Waals surface area contributed by atoms with Gasteiger partial charge in [0.2, 0.25) is 0 Å². The molecule has 2 amide bonds. The number of carbonyl (C=O) groups excluding carboxylic acids is 1. The highest BCUT2D eigenvalue weighted by atomic mass is 32.2. The van der Waals surface area contributed by atoms with Crippen molar-refractivity contribution in [2.24, 2.45) is 0 Å². The molecular formula is C14H26N2O3S. The van der Waals surface area contributed by atoms with E-state index in [1.54, 1.807) is 0 Å². The van der Waals surface area contributed by atoms with Gasteiger partial charge < -0.3 is 15.7 Å². The van der Waals surface area contributed by atoms with E-state index in [0.717, 1.165) is 44.9 Å². The van der Waals surface area contributed by atoms with Gasteiger partial charge in [0.1, 0.15) is 0 Å². The number of aliphatic hydroxyl groups is 1. The van der Waals surface area contributed by atoms with Crippen LogP contribution in [0.4, 0.5) is 4.79 Å². The normalized spacial score (nSPS) is 30.1. The quantitative estimate of drug-likeness (QED) is 0.716. The van der Waals surface area contributed by atoms with Crippen LogP contribution >= 0.6 is 0 Å². The standard InChI is InChI=1S/C14H26N2O3S/c1-2-20(19)12-6-3-5-11(9-12)16-13(17)15-10-14(18)7-4-8-14/h11-12,18H,2-10H2,1H3,(H2,15,16,17). The average molecular weight is 302 g/mol. The van der Waals surface area contributed by atoms with Crippen molar-refractivity contribution >= 4 is 16.8 Å². The van der Waals surface area contributed by atoms with Gasteiger partial charge in [-0.2, -0.15) is 0 Å². The second-order valence-electron chi connectivity index (χ2n) is 6.06. The maximum absolute atomic E-state index is 11.9. The maximum Gasteiger partial charge on any atom is 0.315 e. The van der Waals surface area contributed by atoms with Crippen molar-refractivity contribution in [2.75, 3.05) is 12.3 Å². The molecule has 2 fully saturated rings. The first-order chi connectivity index (χ1) is 9.52. The highest BCUT2D eigenvalue weighted by Gasteiger charge is 2.34. The van der Waals surface area contributed by atoms with Crippen molar-refractivity contribution in [3.63, 3.8) is 0 Å². The van der Waals surface area contributed by atoms with E-state index < -0.39 is 16.4 Å². The molecule has 0 spiro atoms. The van der Waals surface area contributed by atoms with Gasteiger partial charge in [0, 0.05) is 34.4 Å². The molecule has 0 saturated heterocycles. The number of hydrogen-bond donors (Lipinski definition) is 3. The number of amides is 2. The van der Waals surface area contributed by atoms with Crippen LogP contribution < -0.4 is 10.6 Å². The largest absolute Gasteiger partial charge is 0.388 e. The molecule has 6 heteroatoms. The predicted molar refractivity (Wildman–Crippen MR) is 80.1 cm³/mol. The van der Waals surface area contributed by atoms with Crippen LogP contribution in [0.15, 0.2) is 0 Å². The third-order valence-corrected chi connectivity index (χ3v) is 6.22. The molecule has 2 aliphatic carbocycles. The van der Waals surface area contributed by atoms with Gasteiger partial charge in [0.05, 0.1) is 5.60 Å². The number of carbonyl (C=O) groups is 1. The lowest BCUT2D eigenvalue weighted by molar-refractivity contribution is -0.0290. The maximum atomic E-state index is 11.9. The molecule has 0 radical (unpaired) electrons. The molecular weight excluding hydrogens is 276 g/mol. The first-order valence-corrected chi connectivity index (χ1v) is 9.04. The van der Waals surface area contributed by atoms with E-state index >= 15 is 0 Å². The molecule has 0 aliphatic heterocycles. The van der Waals surface area contributed by atoms with Crippen LogP contribution in [0.2, 0.25) is 0 Å². The summed E-state index contributed by atoms with van der Waals surface area (Å²) in [4.78, 5) is 11.8. The fraction of sp³-hybridized carbons (Fsp3) is 0.929. The zero-order chi connectivity index (χ0) is 14.6. The van der Waals surface area contributed by atoms with Crippen molar-refractivity contribution in [1.29, 1.82) is 0 Å². The highest BCUT2D eigenvalue weighted by molar-refractivity contribution is 7.85. The van der Waals surface area contributed by atoms with Crippen molar-refractivity contribution in [3.8, 4) is 0 Å². The van der Waals surface area contributed by atoms with Gasteiger partial charge in [0.25, 0.3) is 0 Å². The summed E-state index contributed by atoms with van der Waals surface area (Å²) in [6, 6.07) is -0.0986. The Morgan fingerprint density at radius 3 is 2.70 bits per heavy atom. The van der Waals surface area contributed by atoms with Gasteiger partial charge >= 0.3 is 6.03 Å². The smallest absolute Gasteiger partial charge is 0.315 e. The Labute approximate surface area is 123 Å². The molecule has 3 atom stereocenters. The summed E-state index contributed by atoms with van der Waals surface area (Å²) in [5.74, 6) is 0.691. The summed E-state index contributed by atoms with van der Waals surface area (Å²) >= 11 is 0. The second-order valence-corrected chi connectivity index (χ2v) is 8.07. The summed E-state index contributed by atoms with van der Waals surface area (Å²) in [5, 5.41) is 15.9. The Morgan fingerprint density at radius 2 is 2.10 bits per heavy atom. The number of rotatable bonds is 5. The lowest BCUT2D eigenvalue weighted by atomic mass is 9.80. The second kappa shape index (κ2) is 6.89.